The third-order valence-electron chi connectivity index (χ3n) is 6.45. The smallest absolute Gasteiger partial charge is 0.251 e. The normalized spacial score (nSPS) is 13.9. The van der Waals surface area contributed by atoms with Gasteiger partial charge in [-0.1, -0.05) is 24.3 Å². The Morgan fingerprint density at radius 1 is 1.00 bits per heavy atom. The van der Waals surface area contributed by atoms with E-state index in [9.17, 15) is 13.2 Å². The monoisotopic (exact) mass is 532 g/mol. The summed E-state index contributed by atoms with van der Waals surface area (Å²) in [5.74, 6) is 1.03. The second kappa shape index (κ2) is 11.1. The molecule has 0 aliphatic carbocycles. The number of carbonyl (C=O) groups is 1. The summed E-state index contributed by atoms with van der Waals surface area (Å²) in [4.78, 5) is 21.3. The maximum Gasteiger partial charge on any atom is 0.251 e. The van der Waals surface area contributed by atoms with Crippen LogP contribution in [0.2, 0.25) is 0 Å². The number of amides is 1. The molecule has 4 aromatic rings. The summed E-state index contributed by atoms with van der Waals surface area (Å²) < 4.78 is 29.6. The molecule has 0 spiro atoms. The van der Waals surface area contributed by atoms with E-state index in [2.05, 4.69) is 30.8 Å². The van der Waals surface area contributed by atoms with Crippen LogP contribution in [0.3, 0.4) is 0 Å². The van der Waals surface area contributed by atoms with Crippen molar-refractivity contribution in [3.05, 3.63) is 84.1 Å². The van der Waals surface area contributed by atoms with E-state index in [1.165, 1.54) is 10.6 Å². The molecule has 1 fully saturated rings. The fourth-order valence-electron chi connectivity index (χ4n) is 4.36. The molecule has 0 unspecified atom stereocenters. The molecule has 2 aromatic heterocycles. The van der Waals surface area contributed by atoms with Crippen molar-refractivity contribution in [2.24, 2.45) is 7.05 Å². The first-order chi connectivity index (χ1) is 18.4. The van der Waals surface area contributed by atoms with E-state index >= 15 is 0 Å². The van der Waals surface area contributed by atoms with Crippen LogP contribution in [-0.2, 0) is 30.2 Å². The number of benzene rings is 2. The minimum Gasteiger partial charge on any atom is -0.378 e. The zero-order valence-electron chi connectivity index (χ0n) is 20.9. The third-order valence-corrected chi connectivity index (χ3v) is 8.45. The molecule has 12 heteroatoms. The van der Waals surface area contributed by atoms with Crippen molar-refractivity contribution in [2.75, 3.05) is 18.4 Å². The summed E-state index contributed by atoms with van der Waals surface area (Å²) >= 11 is 0. The Bertz CT molecular complexity index is 1530. The van der Waals surface area contributed by atoms with Gasteiger partial charge in [-0.05, 0) is 48.7 Å². The van der Waals surface area contributed by atoms with Gasteiger partial charge in [0.1, 0.15) is 12.0 Å². The zero-order chi connectivity index (χ0) is 26.5. The Balaban J connectivity index is 1.23. The second-order valence-corrected chi connectivity index (χ2v) is 10.8. The van der Waals surface area contributed by atoms with Crippen LogP contribution in [0.4, 0.5) is 5.69 Å². The Labute approximate surface area is 221 Å². The minimum atomic E-state index is -3.59. The molecule has 1 amide bonds. The standard InChI is InChI=1S/C26H28N8O3S/c1-33-24(31-32-25(33)22-11-12-27-18-30-22)17-28-21-9-6-8-19(15-21)26(35)29-16-20-7-2-3-10-23(20)38(36,37)34-13-4-5-14-34/h2-3,6-12,15,18,28H,4-5,13-14,16-17H2,1H3,(H,29,35). The second-order valence-electron chi connectivity index (χ2n) is 8.93. The van der Waals surface area contributed by atoms with Gasteiger partial charge in [0.05, 0.1) is 11.4 Å². The number of carbonyl (C=O) groups excluding carboxylic acids is 1. The van der Waals surface area contributed by atoms with E-state index in [1.54, 1.807) is 54.7 Å². The van der Waals surface area contributed by atoms with Crippen molar-refractivity contribution in [2.45, 2.75) is 30.8 Å². The molecule has 11 nitrogen and oxygen atoms in total. The molecule has 0 atom stereocenters. The molecule has 1 aliphatic rings. The van der Waals surface area contributed by atoms with Gasteiger partial charge in [-0.15, -0.1) is 10.2 Å². The number of anilines is 1. The molecule has 0 radical (unpaired) electrons. The molecular formula is C26H28N8O3S. The molecule has 5 rings (SSSR count). The van der Waals surface area contributed by atoms with Crippen molar-refractivity contribution in [1.29, 1.82) is 0 Å². The average molecular weight is 533 g/mol. The lowest BCUT2D eigenvalue weighted by Gasteiger charge is -2.18. The largest absolute Gasteiger partial charge is 0.378 e. The predicted octanol–water partition coefficient (Wildman–Crippen LogP) is 2.60. The van der Waals surface area contributed by atoms with Gasteiger partial charge in [0.2, 0.25) is 10.0 Å². The highest BCUT2D eigenvalue weighted by molar-refractivity contribution is 7.89. The molecule has 1 saturated heterocycles. The molecule has 0 bridgehead atoms. The van der Waals surface area contributed by atoms with E-state index in [0.717, 1.165) is 18.5 Å². The van der Waals surface area contributed by atoms with Gasteiger partial charge < -0.3 is 15.2 Å². The summed E-state index contributed by atoms with van der Waals surface area (Å²) in [5.41, 5.74) is 2.43. The van der Waals surface area contributed by atoms with Crippen molar-refractivity contribution in [3.8, 4) is 11.5 Å². The first-order valence-corrected chi connectivity index (χ1v) is 13.7. The van der Waals surface area contributed by atoms with Gasteiger partial charge >= 0.3 is 0 Å². The number of hydrogen-bond donors (Lipinski definition) is 2. The van der Waals surface area contributed by atoms with E-state index < -0.39 is 10.0 Å². The fourth-order valence-corrected chi connectivity index (χ4v) is 6.10. The van der Waals surface area contributed by atoms with Crippen molar-refractivity contribution in [3.63, 3.8) is 0 Å². The molecule has 2 aromatic carbocycles. The molecule has 2 N–H and O–H groups in total. The Kier molecular flexibility index (Phi) is 7.43. The average Bonchev–Trinajstić information content (AvgIpc) is 3.62. The van der Waals surface area contributed by atoms with Gasteiger partial charge in [-0.25, -0.2) is 18.4 Å². The topological polar surface area (TPSA) is 135 Å². The molecule has 3 heterocycles. The summed E-state index contributed by atoms with van der Waals surface area (Å²) in [7, 11) is -1.73. The lowest BCUT2D eigenvalue weighted by molar-refractivity contribution is 0.0950. The molecular weight excluding hydrogens is 504 g/mol. The fraction of sp³-hybridized carbons (Fsp3) is 0.269. The van der Waals surface area contributed by atoms with E-state index in [0.29, 0.717) is 48.1 Å². The highest BCUT2D eigenvalue weighted by Crippen LogP contribution is 2.24. The number of rotatable bonds is 9. The van der Waals surface area contributed by atoms with Crippen LogP contribution in [0.1, 0.15) is 34.6 Å². The lowest BCUT2D eigenvalue weighted by atomic mass is 10.1. The van der Waals surface area contributed by atoms with E-state index in [-0.39, 0.29) is 17.3 Å². The van der Waals surface area contributed by atoms with Crippen molar-refractivity contribution >= 4 is 21.6 Å². The van der Waals surface area contributed by atoms with Crippen LogP contribution >= 0.6 is 0 Å². The maximum absolute atomic E-state index is 13.1. The Hall–Kier alpha value is -4.16. The Morgan fingerprint density at radius 2 is 1.82 bits per heavy atom. The van der Waals surface area contributed by atoms with Crippen LogP contribution in [0.15, 0.2) is 72.0 Å². The number of aromatic nitrogens is 5. The van der Waals surface area contributed by atoms with Crippen LogP contribution in [0.25, 0.3) is 11.5 Å². The van der Waals surface area contributed by atoms with Gasteiger partial charge in [0.15, 0.2) is 11.6 Å². The van der Waals surface area contributed by atoms with Gasteiger partial charge in [-0.2, -0.15) is 4.31 Å². The van der Waals surface area contributed by atoms with Crippen LogP contribution in [0.5, 0.6) is 0 Å². The molecule has 1 aliphatic heterocycles. The first-order valence-electron chi connectivity index (χ1n) is 12.3. The number of nitrogens with zero attached hydrogens (tertiary/aromatic N) is 6. The van der Waals surface area contributed by atoms with Gasteiger partial charge in [0.25, 0.3) is 5.91 Å². The summed E-state index contributed by atoms with van der Waals surface area (Å²) in [6, 6.07) is 15.7. The number of hydrogen-bond acceptors (Lipinski definition) is 8. The number of sulfonamides is 1. The van der Waals surface area contributed by atoms with Gasteiger partial charge in [0, 0.05) is 44.1 Å². The Morgan fingerprint density at radius 3 is 2.61 bits per heavy atom. The quantitative estimate of drug-likeness (QED) is 0.336. The third kappa shape index (κ3) is 5.41. The van der Waals surface area contributed by atoms with Crippen molar-refractivity contribution < 1.29 is 13.2 Å². The molecule has 0 saturated carbocycles. The summed E-state index contributed by atoms with van der Waals surface area (Å²) in [5, 5.41) is 14.6. The molecule has 196 valence electrons. The van der Waals surface area contributed by atoms with Crippen molar-refractivity contribution in [1.82, 2.24) is 34.4 Å². The SMILES string of the molecule is Cn1c(CNc2cccc(C(=O)NCc3ccccc3S(=O)(=O)N3CCCC3)c2)nnc1-c1ccncn1. The first kappa shape index (κ1) is 25.5. The minimum absolute atomic E-state index is 0.102. The van der Waals surface area contributed by atoms with Crippen LogP contribution in [0, 0.1) is 0 Å². The highest BCUT2D eigenvalue weighted by Gasteiger charge is 2.29. The summed E-state index contributed by atoms with van der Waals surface area (Å²) in [6.07, 6.45) is 4.84. The van der Waals surface area contributed by atoms with E-state index in [1.807, 2.05) is 17.7 Å². The highest BCUT2D eigenvalue weighted by atomic mass is 32.2. The van der Waals surface area contributed by atoms with Crippen LogP contribution < -0.4 is 10.6 Å². The number of nitrogens with one attached hydrogen (secondary N) is 2. The predicted molar refractivity (Wildman–Crippen MR) is 141 cm³/mol. The molecule has 38 heavy (non-hydrogen) atoms. The maximum atomic E-state index is 13.1. The van der Waals surface area contributed by atoms with Gasteiger partial charge in [-0.3, -0.25) is 4.79 Å². The lowest BCUT2D eigenvalue weighted by Crippen LogP contribution is -2.30. The zero-order valence-corrected chi connectivity index (χ0v) is 21.7. The van der Waals surface area contributed by atoms with Crippen LogP contribution in [-0.4, -0.2) is 56.5 Å². The summed E-state index contributed by atoms with van der Waals surface area (Å²) in [6.45, 7) is 1.55. The van der Waals surface area contributed by atoms with E-state index in [4.69, 9.17) is 0 Å².